The molecule has 5 nitrogen and oxygen atoms in total. The van der Waals surface area contributed by atoms with Gasteiger partial charge < -0.3 is 10.3 Å². The Labute approximate surface area is 136 Å². The van der Waals surface area contributed by atoms with Gasteiger partial charge in [0, 0.05) is 23.5 Å². The average molecular weight is 325 g/mol. The first-order valence-electron chi connectivity index (χ1n) is 7.58. The van der Waals surface area contributed by atoms with E-state index < -0.39 is 0 Å². The first kappa shape index (κ1) is 14.1. The molecule has 6 heteroatoms. The molecule has 3 aromatic rings. The summed E-state index contributed by atoms with van der Waals surface area (Å²) >= 11 is 1.29. The third-order valence-electron chi connectivity index (χ3n) is 4.04. The Hall–Kier alpha value is -2.47. The van der Waals surface area contributed by atoms with E-state index in [2.05, 4.69) is 15.3 Å². The van der Waals surface area contributed by atoms with Gasteiger partial charge in [0.05, 0.1) is 17.0 Å². The van der Waals surface area contributed by atoms with Gasteiger partial charge in [-0.2, -0.15) is 0 Å². The molecule has 0 unspecified atom stereocenters. The SMILES string of the molecule is O=C(Cc1c[nH]c2ccccc12)Nc1nc2c(s1)C(=O)CCC2. The number of ketones is 1. The van der Waals surface area contributed by atoms with Crippen LogP contribution in [0.4, 0.5) is 5.13 Å². The number of benzene rings is 1. The largest absolute Gasteiger partial charge is 0.361 e. The quantitative estimate of drug-likeness (QED) is 0.775. The minimum atomic E-state index is -0.117. The number of para-hydroxylation sites is 1. The number of nitrogens with zero attached hydrogens (tertiary/aromatic N) is 1. The topological polar surface area (TPSA) is 74.8 Å². The van der Waals surface area contributed by atoms with Crippen molar-refractivity contribution in [3.05, 3.63) is 46.6 Å². The molecule has 1 aliphatic rings. The van der Waals surface area contributed by atoms with E-state index in [1.54, 1.807) is 0 Å². The van der Waals surface area contributed by atoms with Crippen molar-refractivity contribution < 1.29 is 9.59 Å². The van der Waals surface area contributed by atoms with Crippen LogP contribution in [0, 0.1) is 0 Å². The second kappa shape index (κ2) is 5.62. The third-order valence-corrected chi connectivity index (χ3v) is 5.09. The molecule has 0 fully saturated rings. The van der Waals surface area contributed by atoms with Crippen LogP contribution in [-0.4, -0.2) is 21.7 Å². The lowest BCUT2D eigenvalue weighted by molar-refractivity contribution is -0.115. The Morgan fingerprint density at radius 2 is 2.17 bits per heavy atom. The van der Waals surface area contributed by atoms with E-state index in [4.69, 9.17) is 0 Å². The number of nitrogens with one attached hydrogen (secondary N) is 2. The van der Waals surface area contributed by atoms with E-state index in [1.807, 2.05) is 30.5 Å². The summed E-state index contributed by atoms with van der Waals surface area (Å²) in [6.45, 7) is 0. The van der Waals surface area contributed by atoms with Crippen LogP contribution in [-0.2, 0) is 17.6 Å². The van der Waals surface area contributed by atoms with Crippen molar-refractivity contribution in [2.24, 2.45) is 0 Å². The molecule has 0 saturated heterocycles. The van der Waals surface area contributed by atoms with Gasteiger partial charge in [-0.25, -0.2) is 4.98 Å². The normalized spacial score (nSPS) is 14.0. The molecule has 116 valence electrons. The van der Waals surface area contributed by atoms with Gasteiger partial charge in [0.15, 0.2) is 10.9 Å². The van der Waals surface area contributed by atoms with Gasteiger partial charge >= 0.3 is 0 Å². The molecule has 0 bridgehead atoms. The Balaban J connectivity index is 1.51. The van der Waals surface area contributed by atoms with Gasteiger partial charge in [0.25, 0.3) is 0 Å². The zero-order chi connectivity index (χ0) is 15.8. The molecule has 0 radical (unpaired) electrons. The number of hydrogen-bond acceptors (Lipinski definition) is 4. The number of fused-ring (bicyclic) bond motifs is 2. The minimum Gasteiger partial charge on any atom is -0.361 e. The van der Waals surface area contributed by atoms with E-state index in [0.717, 1.165) is 35.0 Å². The Kier molecular flexibility index (Phi) is 3.46. The van der Waals surface area contributed by atoms with E-state index in [-0.39, 0.29) is 18.1 Å². The molecule has 1 amide bonds. The molecule has 4 rings (SSSR count). The van der Waals surface area contributed by atoms with E-state index in [1.165, 1.54) is 11.3 Å². The summed E-state index contributed by atoms with van der Waals surface area (Å²) in [5, 5.41) is 4.40. The van der Waals surface area contributed by atoms with Crippen molar-refractivity contribution in [3.63, 3.8) is 0 Å². The maximum Gasteiger partial charge on any atom is 0.230 e. The monoisotopic (exact) mass is 325 g/mol. The molecule has 1 aromatic carbocycles. The van der Waals surface area contributed by atoms with Crippen molar-refractivity contribution in [1.82, 2.24) is 9.97 Å². The van der Waals surface area contributed by atoms with Crippen LogP contribution in [0.2, 0.25) is 0 Å². The van der Waals surface area contributed by atoms with Crippen molar-refractivity contribution in [2.75, 3.05) is 5.32 Å². The number of Topliss-reactive ketones (excluding diaryl/α,β-unsaturated/α-hetero) is 1. The standard InChI is InChI=1S/C17H15N3O2S/c21-14-7-3-6-13-16(14)23-17(19-13)20-15(22)8-10-9-18-12-5-2-1-4-11(10)12/h1-2,4-5,9,18H,3,6-8H2,(H,19,20,22). The number of amides is 1. The lowest BCUT2D eigenvalue weighted by Crippen LogP contribution is -2.14. The number of aromatic nitrogens is 2. The first-order valence-corrected chi connectivity index (χ1v) is 8.40. The molecule has 0 spiro atoms. The Morgan fingerprint density at radius 3 is 3.04 bits per heavy atom. The second-order valence-corrected chi connectivity index (χ2v) is 6.66. The maximum atomic E-state index is 12.3. The summed E-state index contributed by atoms with van der Waals surface area (Å²) in [6.07, 6.45) is 4.38. The summed E-state index contributed by atoms with van der Waals surface area (Å²) in [5.74, 6) is 0.0224. The van der Waals surface area contributed by atoms with Gasteiger partial charge in [0.1, 0.15) is 0 Å². The van der Waals surface area contributed by atoms with Gasteiger partial charge in [-0.3, -0.25) is 9.59 Å². The summed E-state index contributed by atoms with van der Waals surface area (Å²) in [7, 11) is 0. The summed E-state index contributed by atoms with van der Waals surface area (Å²) in [6, 6.07) is 7.89. The number of anilines is 1. The van der Waals surface area contributed by atoms with Gasteiger partial charge in [-0.15, -0.1) is 0 Å². The molecular formula is C17H15N3O2S. The van der Waals surface area contributed by atoms with Crippen LogP contribution >= 0.6 is 11.3 Å². The second-order valence-electron chi connectivity index (χ2n) is 5.66. The van der Waals surface area contributed by atoms with Gasteiger partial charge in [-0.1, -0.05) is 29.5 Å². The molecule has 2 heterocycles. The Morgan fingerprint density at radius 1 is 1.30 bits per heavy atom. The maximum absolute atomic E-state index is 12.3. The molecule has 1 aliphatic carbocycles. The third kappa shape index (κ3) is 2.66. The molecule has 0 aliphatic heterocycles. The van der Waals surface area contributed by atoms with Crippen molar-refractivity contribution >= 4 is 39.1 Å². The highest BCUT2D eigenvalue weighted by Crippen LogP contribution is 2.29. The average Bonchev–Trinajstić information content (AvgIpc) is 3.12. The molecule has 23 heavy (non-hydrogen) atoms. The highest BCUT2D eigenvalue weighted by Gasteiger charge is 2.22. The van der Waals surface area contributed by atoms with Gasteiger partial charge in [-0.05, 0) is 24.5 Å². The number of aromatic amines is 1. The molecule has 0 atom stereocenters. The van der Waals surface area contributed by atoms with Crippen molar-refractivity contribution in [2.45, 2.75) is 25.7 Å². The minimum absolute atomic E-state index is 0.117. The number of hydrogen-bond donors (Lipinski definition) is 2. The summed E-state index contributed by atoms with van der Waals surface area (Å²) in [4.78, 5) is 32.4. The van der Waals surface area contributed by atoms with E-state index in [0.29, 0.717) is 16.4 Å². The van der Waals surface area contributed by atoms with Crippen LogP contribution in [0.15, 0.2) is 30.5 Å². The van der Waals surface area contributed by atoms with Gasteiger partial charge in [0.2, 0.25) is 5.91 Å². The fourth-order valence-electron chi connectivity index (χ4n) is 2.94. The lowest BCUT2D eigenvalue weighted by Gasteiger charge is -2.05. The predicted molar refractivity (Wildman–Crippen MR) is 90.0 cm³/mol. The van der Waals surface area contributed by atoms with Crippen LogP contribution in [0.25, 0.3) is 10.9 Å². The number of thiazole rings is 1. The van der Waals surface area contributed by atoms with E-state index in [9.17, 15) is 9.59 Å². The van der Waals surface area contributed by atoms with Crippen LogP contribution < -0.4 is 5.32 Å². The number of aryl methyl sites for hydroxylation is 1. The molecule has 2 N–H and O–H groups in total. The fraction of sp³-hybridized carbons (Fsp3) is 0.235. The van der Waals surface area contributed by atoms with Crippen LogP contribution in [0.3, 0.4) is 0 Å². The van der Waals surface area contributed by atoms with Crippen LogP contribution in [0.1, 0.15) is 33.8 Å². The zero-order valence-corrected chi connectivity index (χ0v) is 13.2. The molecule has 2 aromatic heterocycles. The highest BCUT2D eigenvalue weighted by molar-refractivity contribution is 7.17. The number of carbonyl (C=O) groups is 2. The Bertz CT molecular complexity index is 910. The van der Waals surface area contributed by atoms with Crippen LogP contribution in [0.5, 0.6) is 0 Å². The number of carbonyl (C=O) groups excluding carboxylic acids is 2. The molecule has 0 saturated carbocycles. The van der Waals surface area contributed by atoms with Crippen molar-refractivity contribution in [1.29, 1.82) is 0 Å². The number of rotatable bonds is 3. The summed E-state index contributed by atoms with van der Waals surface area (Å²) in [5.41, 5.74) is 2.80. The first-order chi connectivity index (χ1) is 11.2. The lowest BCUT2D eigenvalue weighted by atomic mass is 10.0. The molecular weight excluding hydrogens is 310 g/mol. The predicted octanol–water partition coefficient (Wildman–Crippen LogP) is 3.32. The highest BCUT2D eigenvalue weighted by atomic mass is 32.1. The number of H-pyrrole nitrogens is 1. The van der Waals surface area contributed by atoms with Crippen molar-refractivity contribution in [3.8, 4) is 0 Å². The van der Waals surface area contributed by atoms with E-state index >= 15 is 0 Å². The smallest absolute Gasteiger partial charge is 0.230 e. The zero-order valence-electron chi connectivity index (χ0n) is 12.4. The summed E-state index contributed by atoms with van der Waals surface area (Å²) < 4.78 is 0. The fourth-order valence-corrected chi connectivity index (χ4v) is 3.93.